The minimum Gasteiger partial charge on any atom is -0.335 e. The highest BCUT2D eigenvalue weighted by Crippen LogP contribution is 2.10. The number of aryl methyl sites for hydroxylation is 1. The Labute approximate surface area is 157 Å². The molecule has 0 aliphatic heterocycles. The summed E-state index contributed by atoms with van der Waals surface area (Å²) in [7, 11) is -2.44. The first-order chi connectivity index (χ1) is 12.7. The Morgan fingerprint density at radius 3 is 2.22 bits per heavy atom. The molecule has 0 aliphatic carbocycles. The summed E-state index contributed by atoms with van der Waals surface area (Å²) >= 11 is 0. The van der Waals surface area contributed by atoms with Gasteiger partial charge >= 0.3 is 0 Å². The van der Waals surface area contributed by atoms with Crippen molar-refractivity contribution in [1.82, 2.24) is 9.62 Å². The molecule has 0 radical (unpaired) electrons. The molecule has 0 saturated carbocycles. The maximum atomic E-state index is 12.8. The van der Waals surface area contributed by atoms with Gasteiger partial charge in [-0.25, -0.2) is 17.5 Å². The third kappa shape index (κ3) is 6.15. The van der Waals surface area contributed by atoms with Crippen molar-refractivity contribution in [3.05, 3.63) is 59.9 Å². The van der Waals surface area contributed by atoms with E-state index in [1.165, 1.54) is 43.4 Å². The van der Waals surface area contributed by atoms with Gasteiger partial charge in [-0.3, -0.25) is 9.59 Å². The Balaban J connectivity index is 1.86. The van der Waals surface area contributed by atoms with Gasteiger partial charge in [0.05, 0.1) is 18.0 Å². The number of nitrogens with one attached hydrogen (secondary N) is 2. The summed E-state index contributed by atoms with van der Waals surface area (Å²) in [6.45, 7) is 1.08. The highest BCUT2D eigenvalue weighted by atomic mass is 32.2. The normalized spacial score (nSPS) is 11.1. The smallest absolute Gasteiger partial charge is 0.243 e. The van der Waals surface area contributed by atoms with Crippen LogP contribution in [0.3, 0.4) is 0 Å². The molecule has 0 aromatic heterocycles. The molecule has 144 valence electrons. The van der Waals surface area contributed by atoms with Crippen molar-refractivity contribution in [3.63, 3.8) is 0 Å². The van der Waals surface area contributed by atoms with Crippen LogP contribution < -0.4 is 10.0 Å². The number of rotatable bonds is 7. The van der Waals surface area contributed by atoms with E-state index in [4.69, 9.17) is 0 Å². The molecule has 2 N–H and O–H groups in total. The van der Waals surface area contributed by atoms with Crippen LogP contribution in [-0.2, 0) is 19.6 Å². The zero-order valence-corrected chi connectivity index (χ0v) is 15.7. The Morgan fingerprint density at radius 1 is 1.04 bits per heavy atom. The first-order valence-corrected chi connectivity index (χ1v) is 9.51. The van der Waals surface area contributed by atoms with Crippen LogP contribution >= 0.6 is 0 Å². The number of hydrogen-bond acceptors (Lipinski definition) is 4. The van der Waals surface area contributed by atoms with Gasteiger partial charge in [-0.15, -0.1) is 0 Å². The topological polar surface area (TPSA) is 95.6 Å². The maximum absolute atomic E-state index is 12.8. The molecule has 0 atom stereocenters. The molecule has 2 amide bonds. The Bertz CT molecular complexity index is 913. The van der Waals surface area contributed by atoms with Gasteiger partial charge in [-0.05, 0) is 43.3 Å². The van der Waals surface area contributed by atoms with E-state index in [1.54, 1.807) is 12.1 Å². The number of carbonyl (C=O) groups excluding carboxylic acids is 2. The number of halogens is 1. The number of carbonyl (C=O) groups is 2. The van der Waals surface area contributed by atoms with Crippen molar-refractivity contribution < 1.29 is 22.4 Å². The first kappa shape index (κ1) is 20.5. The molecule has 2 rings (SSSR count). The van der Waals surface area contributed by atoms with Crippen LogP contribution in [0.4, 0.5) is 10.1 Å². The molecule has 0 spiro atoms. The van der Waals surface area contributed by atoms with Crippen molar-refractivity contribution in [2.75, 3.05) is 25.5 Å². The molecule has 0 saturated heterocycles. The number of benzene rings is 2. The van der Waals surface area contributed by atoms with E-state index in [0.29, 0.717) is 5.69 Å². The van der Waals surface area contributed by atoms with Gasteiger partial charge in [0.25, 0.3) is 0 Å². The third-order valence-corrected chi connectivity index (χ3v) is 5.10. The van der Waals surface area contributed by atoms with Gasteiger partial charge in [0.1, 0.15) is 5.82 Å². The van der Waals surface area contributed by atoms with Crippen LogP contribution in [0.2, 0.25) is 0 Å². The van der Waals surface area contributed by atoms with E-state index in [-0.39, 0.29) is 11.4 Å². The molecule has 0 unspecified atom stereocenters. The summed E-state index contributed by atoms with van der Waals surface area (Å²) in [6.07, 6.45) is 0. The van der Waals surface area contributed by atoms with Gasteiger partial charge in [-0.1, -0.05) is 17.7 Å². The van der Waals surface area contributed by atoms with Crippen molar-refractivity contribution in [1.29, 1.82) is 0 Å². The molecular weight excluding hydrogens is 373 g/mol. The molecule has 0 bridgehead atoms. The SMILES string of the molecule is Cc1ccc(S(=O)(=O)NCC(=O)N(C)CC(=O)Nc2ccc(F)cc2)cc1. The highest BCUT2D eigenvalue weighted by Gasteiger charge is 2.18. The Kier molecular flexibility index (Phi) is 6.65. The summed E-state index contributed by atoms with van der Waals surface area (Å²) in [6, 6.07) is 11.4. The zero-order chi connectivity index (χ0) is 20.0. The van der Waals surface area contributed by atoms with Crippen molar-refractivity contribution in [2.24, 2.45) is 0 Å². The molecular formula is C18H20FN3O4S. The summed E-state index contributed by atoms with van der Waals surface area (Å²) in [5, 5.41) is 2.52. The summed E-state index contributed by atoms with van der Waals surface area (Å²) in [5.41, 5.74) is 1.30. The van der Waals surface area contributed by atoms with Crippen LogP contribution in [0.5, 0.6) is 0 Å². The van der Waals surface area contributed by atoms with Gasteiger partial charge < -0.3 is 10.2 Å². The minimum atomic E-state index is -3.82. The van der Waals surface area contributed by atoms with Crippen LogP contribution in [0.25, 0.3) is 0 Å². The number of anilines is 1. The number of nitrogens with zero attached hydrogens (tertiary/aromatic N) is 1. The fraction of sp³-hybridized carbons (Fsp3) is 0.222. The van der Waals surface area contributed by atoms with Crippen LogP contribution in [-0.4, -0.2) is 45.3 Å². The second kappa shape index (κ2) is 8.74. The number of sulfonamides is 1. The van der Waals surface area contributed by atoms with Crippen LogP contribution in [0.15, 0.2) is 53.4 Å². The predicted molar refractivity (Wildman–Crippen MR) is 99.0 cm³/mol. The molecule has 27 heavy (non-hydrogen) atoms. The molecule has 2 aromatic rings. The van der Waals surface area contributed by atoms with Crippen molar-refractivity contribution in [3.8, 4) is 0 Å². The standard InChI is InChI=1S/C18H20FN3O4S/c1-13-3-9-16(10-4-13)27(25,26)20-11-18(24)22(2)12-17(23)21-15-7-5-14(19)6-8-15/h3-10,20H,11-12H2,1-2H3,(H,21,23). The fourth-order valence-electron chi connectivity index (χ4n) is 2.13. The maximum Gasteiger partial charge on any atom is 0.243 e. The number of likely N-dealkylation sites (N-methyl/N-ethyl adjacent to an activating group) is 1. The van der Waals surface area contributed by atoms with E-state index in [2.05, 4.69) is 10.0 Å². The lowest BCUT2D eigenvalue weighted by molar-refractivity contribution is -0.132. The largest absolute Gasteiger partial charge is 0.335 e. The van der Waals surface area contributed by atoms with Gasteiger partial charge in [0, 0.05) is 12.7 Å². The summed E-state index contributed by atoms with van der Waals surface area (Å²) in [4.78, 5) is 25.2. The monoisotopic (exact) mass is 393 g/mol. The molecule has 0 heterocycles. The van der Waals surface area contributed by atoms with Gasteiger partial charge in [0.2, 0.25) is 21.8 Å². The molecule has 0 fully saturated rings. The van der Waals surface area contributed by atoms with E-state index in [1.807, 2.05) is 6.92 Å². The number of amides is 2. The molecule has 7 nitrogen and oxygen atoms in total. The van der Waals surface area contributed by atoms with Crippen molar-refractivity contribution in [2.45, 2.75) is 11.8 Å². The summed E-state index contributed by atoms with van der Waals surface area (Å²) < 4.78 is 39.4. The second-order valence-electron chi connectivity index (χ2n) is 5.94. The lowest BCUT2D eigenvalue weighted by atomic mass is 10.2. The van der Waals surface area contributed by atoms with E-state index >= 15 is 0 Å². The quantitative estimate of drug-likeness (QED) is 0.745. The van der Waals surface area contributed by atoms with E-state index in [9.17, 15) is 22.4 Å². The molecule has 9 heteroatoms. The zero-order valence-electron chi connectivity index (χ0n) is 14.9. The molecule has 2 aromatic carbocycles. The molecule has 0 aliphatic rings. The lowest BCUT2D eigenvalue weighted by Gasteiger charge is -2.17. The average Bonchev–Trinajstić information content (AvgIpc) is 2.62. The van der Waals surface area contributed by atoms with Gasteiger partial charge in [-0.2, -0.15) is 0 Å². The highest BCUT2D eigenvalue weighted by molar-refractivity contribution is 7.89. The van der Waals surface area contributed by atoms with Crippen LogP contribution in [0, 0.1) is 12.7 Å². The lowest BCUT2D eigenvalue weighted by Crippen LogP contribution is -2.41. The Morgan fingerprint density at radius 2 is 1.63 bits per heavy atom. The van der Waals surface area contributed by atoms with E-state index < -0.39 is 34.2 Å². The Hall–Kier alpha value is -2.78. The fourth-order valence-corrected chi connectivity index (χ4v) is 3.10. The second-order valence-corrected chi connectivity index (χ2v) is 7.71. The predicted octanol–water partition coefficient (Wildman–Crippen LogP) is 1.51. The van der Waals surface area contributed by atoms with Gasteiger partial charge in [0.15, 0.2) is 0 Å². The summed E-state index contributed by atoms with van der Waals surface area (Å²) in [5.74, 6) is -1.49. The minimum absolute atomic E-state index is 0.0533. The third-order valence-electron chi connectivity index (χ3n) is 3.68. The van der Waals surface area contributed by atoms with E-state index in [0.717, 1.165) is 10.5 Å². The van der Waals surface area contributed by atoms with Crippen LogP contribution in [0.1, 0.15) is 5.56 Å². The first-order valence-electron chi connectivity index (χ1n) is 8.03. The average molecular weight is 393 g/mol. The number of hydrogen-bond donors (Lipinski definition) is 2. The van der Waals surface area contributed by atoms with Crippen molar-refractivity contribution >= 4 is 27.5 Å².